The second-order valence-corrected chi connectivity index (χ2v) is 7.58. The van der Waals surface area contributed by atoms with Crippen molar-refractivity contribution in [3.63, 3.8) is 0 Å². The zero-order chi connectivity index (χ0) is 17.8. The Balaban J connectivity index is 1.32. The molecule has 0 bridgehead atoms. The highest BCUT2D eigenvalue weighted by Gasteiger charge is 2.28. The highest BCUT2D eigenvalue weighted by molar-refractivity contribution is 5.94. The van der Waals surface area contributed by atoms with Crippen molar-refractivity contribution in [2.75, 3.05) is 39.4 Å². The molecule has 1 aromatic rings. The summed E-state index contributed by atoms with van der Waals surface area (Å²) in [5.74, 6) is 0.686. The number of hydrogen-bond acceptors (Lipinski definition) is 5. The topological polar surface area (TPSA) is 54.9 Å². The Morgan fingerprint density at radius 3 is 2.58 bits per heavy atom. The number of rotatable bonds is 4. The number of amides is 1. The zero-order valence-electron chi connectivity index (χ0n) is 15.4. The fraction of sp³-hybridized carbons (Fsp3) is 0.700. The van der Waals surface area contributed by atoms with Gasteiger partial charge in [0, 0.05) is 57.3 Å². The van der Waals surface area contributed by atoms with E-state index in [4.69, 9.17) is 9.47 Å². The second kappa shape index (κ2) is 8.35. The first-order valence-corrected chi connectivity index (χ1v) is 10.0. The summed E-state index contributed by atoms with van der Waals surface area (Å²) in [7, 11) is 0. The quantitative estimate of drug-likeness (QED) is 0.826. The van der Waals surface area contributed by atoms with Crippen LogP contribution in [0, 0.1) is 0 Å². The minimum absolute atomic E-state index is 0.0885. The molecule has 1 amide bonds. The van der Waals surface area contributed by atoms with Gasteiger partial charge in [-0.05, 0) is 25.3 Å². The van der Waals surface area contributed by atoms with Crippen LogP contribution in [0.25, 0.3) is 0 Å². The van der Waals surface area contributed by atoms with E-state index < -0.39 is 0 Å². The van der Waals surface area contributed by atoms with Gasteiger partial charge in [0.1, 0.15) is 6.10 Å². The largest absolute Gasteiger partial charge is 0.474 e. The van der Waals surface area contributed by atoms with Crippen molar-refractivity contribution >= 4 is 5.91 Å². The molecule has 1 saturated carbocycles. The molecule has 0 aromatic carbocycles. The van der Waals surface area contributed by atoms with Crippen molar-refractivity contribution in [2.45, 2.75) is 50.7 Å². The molecule has 2 aliphatic heterocycles. The molecule has 0 unspecified atom stereocenters. The highest BCUT2D eigenvalue weighted by Crippen LogP contribution is 2.26. The maximum Gasteiger partial charge on any atom is 0.255 e. The maximum atomic E-state index is 12.8. The van der Waals surface area contributed by atoms with Crippen molar-refractivity contribution in [3.05, 3.63) is 23.9 Å². The minimum Gasteiger partial charge on any atom is -0.474 e. The summed E-state index contributed by atoms with van der Waals surface area (Å²) in [6, 6.07) is 4.42. The number of carbonyl (C=O) groups excluding carboxylic acids is 1. The fourth-order valence-electron chi connectivity index (χ4n) is 3.98. The lowest BCUT2D eigenvalue weighted by atomic mass is 9.91. The lowest BCUT2D eigenvalue weighted by molar-refractivity contribution is 0.0237. The molecule has 26 heavy (non-hydrogen) atoms. The van der Waals surface area contributed by atoms with Crippen molar-refractivity contribution in [2.24, 2.45) is 0 Å². The number of hydrogen-bond donors (Lipinski definition) is 0. The standard InChI is InChI=1S/C20H29N3O3/c24-20(23-10-2-9-22(11-12-23)17-3-1-4-17)16-5-6-19(21-15-16)26-18-7-13-25-14-8-18/h5-6,15,17-18H,1-4,7-14H2. The summed E-state index contributed by atoms with van der Waals surface area (Å²) in [4.78, 5) is 21.7. The Morgan fingerprint density at radius 1 is 1.04 bits per heavy atom. The van der Waals surface area contributed by atoms with Crippen LogP contribution in [0.15, 0.2) is 18.3 Å². The van der Waals surface area contributed by atoms with Gasteiger partial charge in [-0.3, -0.25) is 9.69 Å². The number of carbonyl (C=O) groups is 1. The molecule has 6 nitrogen and oxygen atoms in total. The van der Waals surface area contributed by atoms with Crippen LogP contribution in [0.5, 0.6) is 5.88 Å². The lowest BCUT2D eigenvalue weighted by Crippen LogP contribution is -2.42. The average molecular weight is 359 g/mol. The van der Waals surface area contributed by atoms with E-state index in [9.17, 15) is 4.79 Å². The number of aromatic nitrogens is 1. The Morgan fingerprint density at radius 2 is 1.88 bits per heavy atom. The third-order valence-corrected chi connectivity index (χ3v) is 5.85. The van der Waals surface area contributed by atoms with E-state index in [-0.39, 0.29) is 12.0 Å². The van der Waals surface area contributed by atoms with Gasteiger partial charge >= 0.3 is 0 Å². The van der Waals surface area contributed by atoms with Gasteiger partial charge in [0.05, 0.1) is 18.8 Å². The summed E-state index contributed by atoms with van der Waals surface area (Å²) in [5.41, 5.74) is 0.654. The first kappa shape index (κ1) is 17.7. The Hall–Kier alpha value is -1.66. The molecule has 0 radical (unpaired) electrons. The summed E-state index contributed by atoms with van der Waals surface area (Å²) < 4.78 is 11.2. The Bertz CT molecular complexity index is 597. The number of pyridine rings is 1. The van der Waals surface area contributed by atoms with E-state index in [0.29, 0.717) is 11.4 Å². The van der Waals surface area contributed by atoms with E-state index in [0.717, 1.165) is 64.7 Å². The molecule has 3 fully saturated rings. The van der Waals surface area contributed by atoms with Crippen LogP contribution >= 0.6 is 0 Å². The fourth-order valence-corrected chi connectivity index (χ4v) is 3.98. The van der Waals surface area contributed by atoms with Gasteiger partial charge in [0.2, 0.25) is 5.88 Å². The van der Waals surface area contributed by atoms with Crippen LogP contribution in [0.3, 0.4) is 0 Å². The maximum absolute atomic E-state index is 12.8. The second-order valence-electron chi connectivity index (χ2n) is 7.58. The Kier molecular flexibility index (Phi) is 5.70. The molecule has 142 valence electrons. The number of ether oxygens (including phenoxy) is 2. The van der Waals surface area contributed by atoms with Crippen LogP contribution < -0.4 is 4.74 Å². The first-order chi connectivity index (χ1) is 12.8. The van der Waals surface area contributed by atoms with Crippen molar-refractivity contribution in [1.29, 1.82) is 0 Å². The van der Waals surface area contributed by atoms with E-state index in [1.54, 1.807) is 6.20 Å². The van der Waals surface area contributed by atoms with Crippen molar-refractivity contribution in [1.82, 2.24) is 14.8 Å². The lowest BCUT2D eigenvalue weighted by Gasteiger charge is -2.36. The molecule has 3 aliphatic rings. The van der Waals surface area contributed by atoms with E-state index >= 15 is 0 Å². The predicted molar refractivity (Wildman–Crippen MR) is 98.4 cm³/mol. The van der Waals surface area contributed by atoms with Gasteiger partial charge < -0.3 is 14.4 Å². The highest BCUT2D eigenvalue weighted by atomic mass is 16.5. The van der Waals surface area contributed by atoms with Gasteiger partial charge in [-0.1, -0.05) is 6.42 Å². The Labute approximate surface area is 155 Å². The van der Waals surface area contributed by atoms with Crippen LogP contribution in [0.2, 0.25) is 0 Å². The number of nitrogens with zero attached hydrogens (tertiary/aromatic N) is 3. The SMILES string of the molecule is O=C(c1ccc(OC2CCOCC2)nc1)N1CCCN(C2CCC2)CC1. The molecule has 0 spiro atoms. The molecule has 4 rings (SSSR count). The molecule has 0 N–H and O–H groups in total. The molecule has 6 heteroatoms. The van der Waals surface area contributed by atoms with Crippen LogP contribution in [-0.2, 0) is 4.74 Å². The van der Waals surface area contributed by atoms with Gasteiger partial charge in [-0.2, -0.15) is 0 Å². The van der Waals surface area contributed by atoms with Crippen LogP contribution in [0.1, 0.15) is 48.9 Å². The molecule has 1 aliphatic carbocycles. The summed E-state index contributed by atoms with van der Waals surface area (Å²) in [6.45, 7) is 5.25. The van der Waals surface area contributed by atoms with E-state index in [2.05, 4.69) is 9.88 Å². The summed E-state index contributed by atoms with van der Waals surface area (Å²) in [6.07, 6.45) is 8.69. The third-order valence-electron chi connectivity index (χ3n) is 5.85. The van der Waals surface area contributed by atoms with Gasteiger partial charge in [0.25, 0.3) is 5.91 Å². The zero-order valence-corrected chi connectivity index (χ0v) is 15.4. The predicted octanol–water partition coefficient (Wildman–Crippen LogP) is 2.34. The molecular weight excluding hydrogens is 330 g/mol. The van der Waals surface area contributed by atoms with Crippen LogP contribution in [0.4, 0.5) is 0 Å². The molecule has 0 atom stereocenters. The minimum atomic E-state index is 0.0885. The van der Waals surface area contributed by atoms with E-state index in [1.807, 2.05) is 17.0 Å². The molecular formula is C20H29N3O3. The summed E-state index contributed by atoms with van der Waals surface area (Å²) in [5, 5.41) is 0. The van der Waals surface area contributed by atoms with Gasteiger partial charge in [-0.25, -0.2) is 4.98 Å². The van der Waals surface area contributed by atoms with Gasteiger partial charge in [0.15, 0.2) is 0 Å². The van der Waals surface area contributed by atoms with Crippen LogP contribution in [-0.4, -0.2) is 72.2 Å². The van der Waals surface area contributed by atoms with E-state index in [1.165, 1.54) is 19.3 Å². The van der Waals surface area contributed by atoms with Crippen molar-refractivity contribution < 1.29 is 14.3 Å². The molecule has 3 heterocycles. The summed E-state index contributed by atoms with van der Waals surface area (Å²) >= 11 is 0. The normalized spacial score (nSPS) is 23.3. The van der Waals surface area contributed by atoms with Gasteiger partial charge in [-0.15, -0.1) is 0 Å². The molecule has 2 saturated heterocycles. The van der Waals surface area contributed by atoms with Crippen molar-refractivity contribution in [3.8, 4) is 5.88 Å². The first-order valence-electron chi connectivity index (χ1n) is 10.0. The third kappa shape index (κ3) is 4.18. The smallest absolute Gasteiger partial charge is 0.255 e. The monoisotopic (exact) mass is 359 g/mol. The average Bonchev–Trinajstić information content (AvgIpc) is 2.87. The molecule has 1 aromatic heterocycles.